The second kappa shape index (κ2) is 7.94. The fourth-order valence-electron chi connectivity index (χ4n) is 5.35. The van der Waals surface area contributed by atoms with Crippen LogP contribution < -0.4 is 0 Å². The molecule has 0 aromatic carbocycles. The lowest BCUT2D eigenvalue weighted by Crippen LogP contribution is -2.60. The summed E-state index contributed by atoms with van der Waals surface area (Å²) >= 11 is 0. The molecule has 4 aliphatic carbocycles. The lowest BCUT2D eigenvalue weighted by atomic mass is 9.52. The summed E-state index contributed by atoms with van der Waals surface area (Å²) in [5.74, 6) is -0.225. The summed E-state index contributed by atoms with van der Waals surface area (Å²) in [5, 5.41) is 10.5. The zero-order valence-corrected chi connectivity index (χ0v) is 17.2. The summed E-state index contributed by atoms with van der Waals surface area (Å²) in [4.78, 5) is 33.4. The van der Waals surface area contributed by atoms with Gasteiger partial charge in [0.25, 0.3) is 0 Å². The molecular weight excluding hydrogens is 376 g/mol. The van der Waals surface area contributed by atoms with Crippen molar-refractivity contribution in [2.75, 3.05) is 6.61 Å². The van der Waals surface area contributed by atoms with Crippen molar-refractivity contribution >= 4 is 17.9 Å². The topological polar surface area (TPSA) is 99.1 Å². The van der Waals surface area contributed by atoms with E-state index in [1.54, 1.807) is 6.92 Å². The molecule has 1 aliphatic heterocycles. The molecule has 1 saturated heterocycles. The van der Waals surface area contributed by atoms with Crippen molar-refractivity contribution in [2.45, 2.75) is 76.1 Å². The standard InChI is InChI=1S/C14H20O3.C8H10O4/c1-9(2)12(15)17-14-6-10-3-11(7-14)5-13(16,4-10)8-14;1-5(2)7(9)12-6-3-4-11-8(6)10/h10-11,16H,1,3-8H2,2H3;6H,1,3-4H2,2H3. The zero-order valence-electron chi connectivity index (χ0n) is 17.2. The molecule has 7 nitrogen and oxygen atoms in total. The van der Waals surface area contributed by atoms with E-state index >= 15 is 0 Å². The van der Waals surface area contributed by atoms with E-state index in [9.17, 15) is 19.5 Å². The highest BCUT2D eigenvalue weighted by atomic mass is 16.6. The van der Waals surface area contributed by atoms with Crippen LogP contribution in [0.5, 0.6) is 0 Å². The molecule has 5 fully saturated rings. The predicted molar refractivity (Wildman–Crippen MR) is 104 cm³/mol. The van der Waals surface area contributed by atoms with Gasteiger partial charge in [-0.15, -0.1) is 0 Å². The molecule has 0 radical (unpaired) electrons. The second-order valence-electron chi connectivity index (χ2n) is 9.17. The third-order valence-electron chi connectivity index (χ3n) is 6.12. The van der Waals surface area contributed by atoms with Crippen molar-refractivity contribution in [1.82, 2.24) is 0 Å². The number of carbonyl (C=O) groups is 3. The predicted octanol–water partition coefficient (Wildman–Crippen LogP) is 2.61. The summed E-state index contributed by atoms with van der Waals surface area (Å²) in [5.41, 5.74) is -0.226. The molecule has 5 aliphatic rings. The fourth-order valence-corrected chi connectivity index (χ4v) is 5.35. The van der Waals surface area contributed by atoms with E-state index in [1.807, 2.05) is 0 Å². The maximum absolute atomic E-state index is 11.7. The number of ether oxygens (including phenoxy) is 3. The Hall–Kier alpha value is -2.15. The van der Waals surface area contributed by atoms with Crippen LogP contribution in [0, 0.1) is 11.8 Å². The summed E-state index contributed by atoms with van der Waals surface area (Å²) in [7, 11) is 0. The van der Waals surface area contributed by atoms with Gasteiger partial charge in [-0.05, 0) is 57.8 Å². The highest BCUT2D eigenvalue weighted by molar-refractivity contribution is 5.89. The van der Waals surface area contributed by atoms with Gasteiger partial charge in [0.2, 0.25) is 6.10 Å². The molecular formula is C22H30O7. The summed E-state index contributed by atoms with van der Waals surface area (Å²) in [6, 6.07) is 0. The van der Waals surface area contributed by atoms with Crippen LogP contribution in [0.2, 0.25) is 0 Å². The Morgan fingerprint density at radius 2 is 1.66 bits per heavy atom. The van der Waals surface area contributed by atoms with Gasteiger partial charge >= 0.3 is 17.9 Å². The highest BCUT2D eigenvalue weighted by Crippen LogP contribution is 2.58. The van der Waals surface area contributed by atoms with Crippen molar-refractivity contribution in [3.05, 3.63) is 24.3 Å². The van der Waals surface area contributed by atoms with Crippen molar-refractivity contribution in [3.8, 4) is 0 Å². The second-order valence-corrected chi connectivity index (χ2v) is 9.17. The molecule has 4 bridgehead atoms. The third-order valence-corrected chi connectivity index (χ3v) is 6.12. The van der Waals surface area contributed by atoms with Gasteiger partial charge in [-0.2, -0.15) is 0 Å². The van der Waals surface area contributed by atoms with Gasteiger partial charge in [0.15, 0.2) is 0 Å². The van der Waals surface area contributed by atoms with E-state index in [2.05, 4.69) is 17.9 Å². The van der Waals surface area contributed by atoms with E-state index in [1.165, 1.54) is 13.3 Å². The minimum Gasteiger partial charge on any atom is -0.463 e. The number of carbonyl (C=O) groups excluding carboxylic acids is 3. The van der Waals surface area contributed by atoms with Crippen LogP contribution in [-0.2, 0) is 28.6 Å². The molecule has 0 aromatic rings. The first kappa shape index (κ1) is 21.6. The first-order chi connectivity index (χ1) is 13.5. The van der Waals surface area contributed by atoms with Crippen LogP contribution >= 0.6 is 0 Å². The molecule has 29 heavy (non-hydrogen) atoms. The summed E-state index contributed by atoms with van der Waals surface area (Å²) in [6.07, 6.45) is 5.22. The number of rotatable bonds is 4. The number of aliphatic hydroxyl groups is 1. The Kier molecular flexibility index (Phi) is 5.90. The van der Waals surface area contributed by atoms with E-state index in [0.717, 1.165) is 25.7 Å². The molecule has 0 aromatic heterocycles. The largest absolute Gasteiger partial charge is 0.463 e. The lowest BCUT2D eigenvalue weighted by molar-refractivity contribution is -0.217. The van der Waals surface area contributed by atoms with Gasteiger partial charge in [-0.25, -0.2) is 14.4 Å². The first-order valence-corrected chi connectivity index (χ1v) is 10.2. The van der Waals surface area contributed by atoms with Crippen molar-refractivity contribution < 1.29 is 33.7 Å². The lowest BCUT2D eigenvalue weighted by Gasteiger charge is -2.59. The Labute approximate surface area is 171 Å². The van der Waals surface area contributed by atoms with Gasteiger partial charge in [0, 0.05) is 24.0 Å². The Bertz CT molecular complexity index is 723. The number of hydrogen-bond acceptors (Lipinski definition) is 7. The van der Waals surface area contributed by atoms with Crippen LogP contribution in [0.4, 0.5) is 0 Å². The molecule has 5 rings (SSSR count). The van der Waals surface area contributed by atoms with Gasteiger partial charge < -0.3 is 19.3 Å². The van der Waals surface area contributed by atoms with Crippen molar-refractivity contribution in [2.24, 2.45) is 11.8 Å². The average molecular weight is 406 g/mol. The molecule has 4 saturated carbocycles. The van der Waals surface area contributed by atoms with E-state index in [4.69, 9.17) is 9.47 Å². The van der Waals surface area contributed by atoms with Crippen LogP contribution in [0.3, 0.4) is 0 Å². The third kappa shape index (κ3) is 4.89. The van der Waals surface area contributed by atoms with Crippen LogP contribution in [0.15, 0.2) is 24.3 Å². The van der Waals surface area contributed by atoms with E-state index < -0.39 is 29.2 Å². The van der Waals surface area contributed by atoms with Gasteiger partial charge in [0.1, 0.15) is 5.60 Å². The Morgan fingerprint density at radius 1 is 1.07 bits per heavy atom. The van der Waals surface area contributed by atoms with Gasteiger partial charge in [-0.1, -0.05) is 13.2 Å². The summed E-state index contributed by atoms with van der Waals surface area (Å²) in [6.45, 7) is 10.6. The molecule has 3 unspecified atom stereocenters. The quantitative estimate of drug-likeness (QED) is 0.435. The fraction of sp³-hybridized carbons (Fsp3) is 0.682. The van der Waals surface area contributed by atoms with Gasteiger partial charge in [0.05, 0.1) is 12.2 Å². The molecule has 0 amide bonds. The maximum atomic E-state index is 11.7. The molecule has 1 heterocycles. The SMILES string of the molecule is C=C(C)C(=O)OC12CC3CC(CC(O)(C3)C1)C2.C=C(C)C(=O)OC1CCOC1=O. The molecule has 160 valence electrons. The van der Waals surface area contributed by atoms with Crippen molar-refractivity contribution in [3.63, 3.8) is 0 Å². The van der Waals surface area contributed by atoms with E-state index in [0.29, 0.717) is 36.9 Å². The maximum Gasteiger partial charge on any atom is 0.347 e. The Balaban J connectivity index is 0.000000177. The minimum absolute atomic E-state index is 0.287. The molecule has 7 heteroatoms. The smallest absolute Gasteiger partial charge is 0.347 e. The number of esters is 3. The average Bonchev–Trinajstić information content (AvgIpc) is 2.97. The minimum atomic E-state index is -0.728. The van der Waals surface area contributed by atoms with Crippen LogP contribution in [0.1, 0.15) is 58.8 Å². The van der Waals surface area contributed by atoms with Crippen molar-refractivity contribution in [1.29, 1.82) is 0 Å². The van der Waals surface area contributed by atoms with E-state index in [-0.39, 0.29) is 11.5 Å². The normalized spacial score (nSPS) is 36.5. The molecule has 0 spiro atoms. The van der Waals surface area contributed by atoms with Crippen LogP contribution in [-0.4, -0.2) is 46.9 Å². The monoisotopic (exact) mass is 406 g/mol. The first-order valence-electron chi connectivity index (χ1n) is 10.2. The highest BCUT2D eigenvalue weighted by Gasteiger charge is 2.59. The Morgan fingerprint density at radius 3 is 2.10 bits per heavy atom. The zero-order chi connectivity index (χ0) is 21.4. The molecule has 3 atom stereocenters. The van der Waals surface area contributed by atoms with Crippen LogP contribution in [0.25, 0.3) is 0 Å². The van der Waals surface area contributed by atoms with Gasteiger partial charge in [-0.3, -0.25) is 0 Å². The number of hydrogen-bond donors (Lipinski definition) is 1. The molecule has 1 N–H and O–H groups in total. The number of cyclic esters (lactones) is 1. The summed E-state index contributed by atoms with van der Waals surface area (Å²) < 4.78 is 15.1.